The van der Waals surface area contributed by atoms with Gasteiger partial charge in [-0.3, -0.25) is 13.8 Å². The van der Waals surface area contributed by atoms with E-state index in [-0.39, 0.29) is 25.7 Å². The number of phosphoric ester groups is 1. The molecule has 0 radical (unpaired) electrons. The molecule has 0 aromatic rings. The van der Waals surface area contributed by atoms with Crippen molar-refractivity contribution in [1.29, 1.82) is 0 Å². The van der Waals surface area contributed by atoms with Crippen LogP contribution < -0.4 is 11.1 Å². The van der Waals surface area contributed by atoms with Crippen molar-refractivity contribution in [3.05, 3.63) is 24.3 Å². The molecule has 5 N–H and O–H groups in total. The third-order valence-corrected chi connectivity index (χ3v) is 10.0. The topological polar surface area (TPSA) is 131 Å². The van der Waals surface area contributed by atoms with Crippen molar-refractivity contribution in [2.45, 2.75) is 206 Å². The highest BCUT2D eigenvalue weighted by molar-refractivity contribution is 7.47. The highest BCUT2D eigenvalue weighted by Gasteiger charge is 2.26. The molecule has 0 rings (SSSR count). The second kappa shape index (κ2) is 36.8. The molecule has 0 bridgehead atoms. The zero-order valence-corrected chi connectivity index (χ0v) is 32.8. The Morgan fingerprint density at radius 2 is 1.06 bits per heavy atom. The average Bonchev–Trinajstić information content (AvgIpc) is 3.09. The first-order valence-electron chi connectivity index (χ1n) is 20.5. The maximum absolute atomic E-state index is 12.7. The molecule has 1 amide bonds. The van der Waals surface area contributed by atoms with E-state index in [1.165, 1.54) is 135 Å². The van der Waals surface area contributed by atoms with E-state index in [1.54, 1.807) is 6.08 Å². The van der Waals surface area contributed by atoms with Gasteiger partial charge in [-0.15, -0.1) is 0 Å². The van der Waals surface area contributed by atoms with Crippen molar-refractivity contribution in [3.8, 4) is 0 Å². The molecule has 49 heavy (non-hydrogen) atoms. The monoisotopic (exact) mass is 715 g/mol. The Bertz CT molecular complexity index is 825. The lowest BCUT2D eigenvalue weighted by atomic mass is 10.0. The van der Waals surface area contributed by atoms with E-state index in [4.69, 9.17) is 14.8 Å². The Kier molecular flexibility index (Phi) is 36.0. The van der Waals surface area contributed by atoms with Crippen molar-refractivity contribution in [2.75, 3.05) is 19.8 Å². The minimum atomic E-state index is -4.32. The molecule has 0 aromatic carbocycles. The number of carbonyl (C=O) groups is 1. The second-order valence-electron chi connectivity index (χ2n) is 13.8. The van der Waals surface area contributed by atoms with Gasteiger partial charge in [-0.25, -0.2) is 4.57 Å². The summed E-state index contributed by atoms with van der Waals surface area (Å²) in [5.74, 6) is -0.199. The van der Waals surface area contributed by atoms with Gasteiger partial charge in [0.05, 0.1) is 25.4 Å². The van der Waals surface area contributed by atoms with Crippen LogP contribution in [-0.4, -0.2) is 47.8 Å². The summed E-state index contributed by atoms with van der Waals surface area (Å²) in [6.45, 7) is 4.07. The Morgan fingerprint density at radius 3 is 1.51 bits per heavy atom. The molecule has 0 fully saturated rings. The molecule has 3 unspecified atom stereocenters. The van der Waals surface area contributed by atoms with Crippen LogP contribution in [0.15, 0.2) is 24.3 Å². The van der Waals surface area contributed by atoms with Gasteiger partial charge < -0.3 is 21.1 Å². The van der Waals surface area contributed by atoms with Crippen LogP contribution in [0.1, 0.15) is 194 Å². The number of phosphoric acid groups is 1. The lowest BCUT2D eigenvalue weighted by molar-refractivity contribution is -0.123. The number of aliphatic hydroxyl groups is 1. The highest BCUT2D eigenvalue weighted by atomic mass is 31.2. The first-order chi connectivity index (χ1) is 23.9. The van der Waals surface area contributed by atoms with Gasteiger partial charge in [-0.05, 0) is 44.9 Å². The van der Waals surface area contributed by atoms with Crippen LogP contribution >= 0.6 is 7.82 Å². The van der Waals surface area contributed by atoms with Crippen LogP contribution in [0.5, 0.6) is 0 Å². The van der Waals surface area contributed by atoms with Crippen LogP contribution in [0, 0.1) is 0 Å². The molecule has 0 spiro atoms. The maximum atomic E-state index is 12.7. The molecule has 0 aliphatic rings. The highest BCUT2D eigenvalue weighted by Crippen LogP contribution is 2.43. The Hall–Kier alpha value is -1.02. The van der Waals surface area contributed by atoms with Crippen LogP contribution in [0.4, 0.5) is 0 Å². The summed E-state index contributed by atoms with van der Waals surface area (Å²) in [6, 6.07) is -0.855. The molecule has 0 aliphatic carbocycles. The molecular formula is C40H79N2O6P. The predicted molar refractivity (Wildman–Crippen MR) is 208 cm³/mol. The van der Waals surface area contributed by atoms with Gasteiger partial charge in [0.1, 0.15) is 0 Å². The minimum Gasteiger partial charge on any atom is -0.387 e. The number of hydrogen-bond acceptors (Lipinski definition) is 6. The summed E-state index contributed by atoms with van der Waals surface area (Å²) >= 11 is 0. The number of nitrogens with one attached hydrogen (secondary N) is 1. The van der Waals surface area contributed by atoms with Crippen molar-refractivity contribution < 1.29 is 28.4 Å². The third kappa shape index (κ3) is 35.2. The van der Waals surface area contributed by atoms with Crippen LogP contribution in [-0.2, 0) is 18.4 Å². The van der Waals surface area contributed by atoms with Gasteiger partial charge in [0, 0.05) is 13.0 Å². The largest absolute Gasteiger partial charge is 0.472 e. The molecule has 0 saturated heterocycles. The lowest BCUT2D eigenvalue weighted by Gasteiger charge is -2.23. The summed E-state index contributed by atoms with van der Waals surface area (Å²) in [5, 5.41) is 13.5. The fourth-order valence-electron chi connectivity index (χ4n) is 5.89. The minimum absolute atomic E-state index is 0.0788. The van der Waals surface area contributed by atoms with E-state index in [0.29, 0.717) is 6.42 Å². The number of carbonyl (C=O) groups excluding carboxylic acids is 1. The predicted octanol–water partition coefficient (Wildman–Crippen LogP) is 11.0. The number of nitrogens with two attached hydrogens (primary N) is 1. The van der Waals surface area contributed by atoms with E-state index in [1.807, 2.05) is 6.08 Å². The van der Waals surface area contributed by atoms with Gasteiger partial charge in [-0.1, -0.05) is 167 Å². The molecule has 8 nitrogen and oxygen atoms in total. The summed E-state index contributed by atoms with van der Waals surface area (Å²) in [4.78, 5) is 22.5. The second-order valence-corrected chi connectivity index (χ2v) is 15.3. The molecule has 0 saturated carbocycles. The number of rotatable bonds is 38. The molecule has 3 atom stereocenters. The quantitative estimate of drug-likeness (QED) is 0.0284. The molecule has 0 heterocycles. The smallest absolute Gasteiger partial charge is 0.387 e. The van der Waals surface area contributed by atoms with Crippen LogP contribution in [0.25, 0.3) is 0 Å². The molecular weight excluding hydrogens is 635 g/mol. The maximum Gasteiger partial charge on any atom is 0.472 e. The molecule has 9 heteroatoms. The van der Waals surface area contributed by atoms with Crippen molar-refractivity contribution in [3.63, 3.8) is 0 Å². The van der Waals surface area contributed by atoms with E-state index < -0.39 is 20.0 Å². The van der Waals surface area contributed by atoms with E-state index in [9.17, 15) is 19.4 Å². The fraction of sp³-hybridized carbons (Fsp3) is 0.875. The lowest BCUT2D eigenvalue weighted by Crippen LogP contribution is -2.45. The number of unbranched alkanes of at least 4 members (excludes halogenated alkanes) is 24. The van der Waals surface area contributed by atoms with Crippen molar-refractivity contribution in [1.82, 2.24) is 5.32 Å². The third-order valence-electron chi connectivity index (χ3n) is 9.02. The first kappa shape index (κ1) is 48.0. The molecule has 0 aliphatic heterocycles. The summed E-state index contributed by atoms with van der Waals surface area (Å²) in [5.41, 5.74) is 5.34. The van der Waals surface area contributed by atoms with E-state index in [2.05, 4.69) is 31.3 Å². The Labute approximate surface area is 302 Å². The number of allylic oxidation sites excluding steroid dienone is 3. The number of hydrogen-bond donors (Lipinski definition) is 4. The summed E-state index contributed by atoms with van der Waals surface area (Å²) in [7, 11) is -4.32. The number of amides is 1. The van der Waals surface area contributed by atoms with Gasteiger partial charge in [0.25, 0.3) is 0 Å². The average molecular weight is 715 g/mol. The Balaban J connectivity index is 3.98. The Morgan fingerprint density at radius 1 is 0.653 bits per heavy atom. The van der Waals surface area contributed by atoms with Gasteiger partial charge in [0.2, 0.25) is 5.91 Å². The molecule has 290 valence electrons. The standard InChI is InChI=1S/C40H79N2O6P/c1-3-5-7-9-11-12-13-14-15-16-17-18-19-20-21-22-23-24-25-26-28-30-32-34-40(44)42-38(37-48-49(45,46)47-36-35-41)39(43)33-31-29-27-10-8-6-4-2/h16-17,31,33,38-39,43H,3-15,18-30,32,34-37,41H2,1-2H3,(H,42,44)(H,45,46)/b17-16-,33-31+. The SMILES string of the molecule is CCCCCCC/C=C/C(O)C(COP(=O)(O)OCCN)NC(=O)CCCCCCCCCCCCC/C=C\CCCCCCCCCC. The van der Waals surface area contributed by atoms with Crippen molar-refractivity contribution in [2.24, 2.45) is 5.73 Å². The van der Waals surface area contributed by atoms with Gasteiger partial charge >= 0.3 is 7.82 Å². The van der Waals surface area contributed by atoms with Gasteiger partial charge in [0.15, 0.2) is 0 Å². The van der Waals surface area contributed by atoms with Crippen molar-refractivity contribution >= 4 is 13.7 Å². The summed E-state index contributed by atoms with van der Waals surface area (Å²) < 4.78 is 22.0. The molecule has 0 aromatic heterocycles. The number of aliphatic hydroxyl groups excluding tert-OH is 1. The fourth-order valence-corrected chi connectivity index (χ4v) is 6.65. The van der Waals surface area contributed by atoms with E-state index in [0.717, 1.165) is 38.5 Å². The van der Waals surface area contributed by atoms with Gasteiger partial charge in [-0.2, -0.15) is 0 Å². The normalized spacial score (nSPS) is 14.5. The van der Waals surface area contributed by atoms with Crippen LogP contribution in [0.3, 0.4) is 0 Å². The first-order valence-corrected chi connectivity index (χ1v) is 22.0. The summed E-state index contributed by atoms with van der Waals surface area (Å²) in [6.07, 6.45) is 41.1. The zero-order valence-electron chi connectivity index (χ0n) is 31.9. The van der Waals surface area contributed by atoms with E-state index >= 15 is 0 Å². The zero-order chi connectivity index (χ0) is 36.1. The van der Waals surface area contributed by atoms with Crippen LogP contribution in [0.2, 0.25) is 0 Å².